The van der Waals surface area contributed by atoms with Gasteiger partial charge in [-0.3, -0.25) is 4.79 Å². The average Bonchev–Trinajstić information content (AvgIpc) is 2.85. The Morgan fingerprint density at radius 1 is 0.735 bits per heavy atom. The van der Waals surface area contributed by atoms with E-state index >= 15 is 0 Å². The zero-order valence-corrected chi connectivity index (χ0v) is 17.1. The van der Waals surface area contributed by atoms with E-state index in [-0.39, 0.29) is 11.5 Å². The van der Waals surface area contributed by atoms with Crippen LogP contribution in [0.15, 0.2) is 60.8 Å². The van der Waals surface area contributed by atoms with Crippen LogP contribution in [-0.2, 0) is 11.2 Å². The Morgan fingerprint density at radius 2 is 1.32 bits per heavy atom. The Morgan fingerprint density at radius 3 is 1.94 bits per heavy atom. The van der Waals surface area contributed by atoms with E-state index in [0.29, 0.717) is 16.8 Å². The first-order chi connectivity index (χ1) is 16.3. The largest absolute Gasteiger partial charge is 0.309 e. The number of hydrogen-bond acceptors (Lipinski definition) is 3. The summed E-state index contributed by atoms with van der Waals surface area (Å²) in [6.45, 7) is 0. The molecule has 172 valence electrons. The highest BCUT2D eigenvalue weighted by Gasteiger charge is 2.27. The fourth-order valence-corrected chi connectivity index (χ4v) is 3.18. The molecule has 3 aromatic carbocycles. The van der Waals surface area contributed by atoms with E-state index in [2.05, 4.69) is 15.3 Å². The number of rotatable bonds is 5. The third-order valence-corrected chi connectivity index (χ3v) is 4.86. The quantitative estimate of drug-likeness (QED) is 0.226. The molecular weight excluding hydrogens is 460 g/mol. The van der Waals surface area contributed by atoms with E-state index in [4.69, 9.17) is 0 Å². The van der Waals surface area contributed by atoms with Crippen molar-refractivity contribution in [3.05, 3.63) is 101 Å². The van der Waals surface area contributed by atoms with Gasteiger partial charge in [0.05, 0.1) is 18.3 Å². The van der Waals surface area contributed by atoms with Crippen LogP contribution in [0.2, 0.25) is 0 Å². The van der Waals surface area contributed by atoms with Gasteiger partial charge in [-0.05, 0) is 24.3 Å². The summed E-state index contributed by atoms with van der Waals surface area (Å²) >= 11 is 0. The van der Waals surface area contributed by atoms with Gasteiger partial charge in [0.25, 0.3) is 0 Å². The molecule has 0 fully saturated rings. The highest BCUT2D eigenvalue weighted by Crippen LogP contribution is 2.29. The summed E-state index contributed by atoms with van der Waals surface area (Å²) in [6.07, 6.45) is 0.148. The molecule has 0 saturated heterocycles. The van der Waals surface area contributed by atoms with Crippen LogP contribution in [0.1, 0.15) is 5.56 Å². The predicted octanol–water partition coefficient (Wildman–Crippen LogP) is 5.83. The third-order valence-electron chi connectivity index (χ3n) is 4.86. The standard InChI is InChI=1S/C24H13F6N3O/c25-14-8-6-12(7-9-14)16-11-31-24(23(32-16)13-4-2-1-3-5-13)33-17(34)10-15-18(26)20(28)22(30)21(29)19(15)27/h1-9,11H,10H2,(H,31,33,34). The monoisotopic (exact) mass is 473 g/mol. The van der Waals surface area contributed by atoms with Crippen molar-refractivity contribution in [2.24, 2.45) is 0 Å². The maximum absolute atomic E-state index is 14.0. The van der Waals surface area contributed by atoms with Gasteiger partial charge in [0, 0.05) is 16.7 Å². The highest BCUT2D eigenvalue weighted by molar-refractivity contribution is 5.94. The second-order valence-electron chi connectivity index (χ2n) is 7.10. The van der Waals surface area contributed by atoms with Crippen molar-refractivity contribution in [3.63, 3.8) is 0 Å². The second-order valence-corrected chi connectivity index (χ2v) is 7.10. The normalized spacial score (nSPS) is 10.9. The van der Waals surface area contributed by atoms with E-state index in [1.165, 1.54) is 30.5 Å². The summed E-state index contributed by atoms with van der Waals surface area (Å²) in [6, 6.07) is 13.9. The molecule has 0 atom stereocenters. The molecule has 1 heterocycles. The first-order valence-corrected chi connectivity index (χ1v) is 9.74. The van der Waals surface area contributed by atoms with Crippen molar-refractivity contribution in [1.29, 1.82) is 0 Å². The minimum atomic E-state index is -2.31. The summed E-state index contributed by atoms with van der Waals surface area (Å²) in [5.74, 6) is -12.4. The minimum Gasteiger partial charge on any atom is -0.309 e. The topological polar surface area (TPSA) is 54.9 Å². The first-order valence-electron chi connectivity index (χ1n) is 9.74. The lowest BCUT2D eigenvalue weighted by Crippen LogP contribution is -2.19. The molecule has 0 aliphatic rings. The molecule has 10 heteroatoms. The molecule has 4 rings (SSSR count). The number of hydrogen-bond donors (Lipinski definition) is 1. The lowest BCUT2D eigenvalue weighted by atomic mass is 10.1. The van der Waals surface area contributed by atoms with E-state index in [1.807, 2.05) is 0 Å². The fraction of sp³-hybridized carbons (Fsp3) is 0.0417. The zero-order valence-electron chi connectivity index (χ0n) is 17.1. The van der Waals surface area contributed by atoms with Gasteiger partial charge in [-0.25, -0.2) is 36.3 Å². The van der Waals surface area contributed by atoms with Crippen molar-refractivity contribution in [2.45, 2.75) is 6.42 Å². The molecule has 0 aliphatic heterocycles. The molecule has 0 radical (unpaired) electrons. The van der Waals surface area contributed by atoms with Crippen molar-refractivity contribution in [3.8, 4) is 22.5 Å². The van der Waals surface area contributed by atoms with Gasteiger partial charge in [0.15, 0.2) is 29.1 Å². The zero-order chi connectivity index (χ0) is 24.4. The maximum atomic E-state index is 14.0. The van der Waals surface area contributed by atoms with E-state index in [1.54, 1.807) is 30.3 Å². The summed E-state index contributed by atoms with van der Waals surface area (Å²) in [5.41, 5.74) is 0.298. The Balaban J connectivity index is 1.69. The van der Waals surface area contributed by atoms with Crippen LogP contribution < -0.4 is 5.32 Å². The number of aromatic nitrogens is 2. The maximum Gasteiger partial charge on any atom is 0.230 e. The van der Waals surface area contributed by atoms with Gasteiger partial charge in [0.1, 0.15) is 11.5 Å². The van der Waals surface area contributed by atoms with Gasteiger partial charge in [-0.15, -0.1) is 0 Å². The molecule has 0 saturated carbocycles. The first kappa shape index (κ1) is 23.0. The number of amides is 1. The third kappa shape index (κ3) is 4.47. The van der Waals surface area contributed by atoms with Crippen molar-refractivity contribution in [1.82, 2.24) is 9.97 Å². The van der Waals surface area contributed by atoms with Crippen LogP contribution in [-0.4, -0.2) is 15.9 Å². The molecular formula is C24H13F6N3O. The number of nitrogens with zero attached hydrogens (tertiary/aromatic N) is 2. The summed E-state index contributed by atoms with van der Waals surface area (Å²) in [5, 5.41) is 2.31. The number of carbonyl (C=O) groups excluding carboxylic acids is 1. The SMILES string of the molecule is O=C(Cc1c(F)c(F)c(F)c(F)c1F)Nc1ncc(-c2ccc(F)cc2)nc1-c1ccccc1. The van der Waals surface area contributed by atoms with E-state index in [0.717, 1.165) is 0 Å². The molecule has 34 heavy (non-hydrogen) atoms. The summed E-state index contributed by atoms with van der Waals surface area (Å²) in [4.78, 5) is 21.1. The number of halogens is 6. The van der Waals surface area contributed by atoms with Crippen LogP contribution in [0.3, 0.4) is 0 Å². The number of nitrogens with one attached hydrogen (secondary N) is 1. The van der Waals surface area contributed by atoms with Gasteiger partial charge in [-0.2, -0.15) is 0 Å². The fourth-order valence-electron chi connectivity index (χ4n) is 3.18. The average molecular weight is 473 g/mol. The number of carbonyl (C=O) groups is 1. The van der Waals surface area contributed by atoms with Crippen molar-refractivity contribution < 1.29 is 31.1 Å². The summed E-state index contributed by atoms with van der Waals surface area (Å²) in [7, 11) is 0. The number of anilines is 1. The van der Waals surface area contributed by atoms with Crippen LogP contribution in [0.5, 0.6) is 0 Å². The van der Waals surface area contributed by atoms with Gasteiger partial charge in [-0.1, -0.05) is 30.3 Å². The molecule has 4 nitrogen and oxygen atoms in total. The van der Waals surface area contributed by atoms with Crippen molar-refractivity contribution in [2.75, 3.05) is 5.32 Å². The van der Waals surface area contributed by atoms with Crippen LogP contribution in [0.25, 0.3) is 22.5 Å². The second kappa shape index (κ2) is 9.34. The van der Waals surface area contributed by atoms with Gasteiger partial charge in [0.2, 0.25) is 11.7 Å². The molecule has 0 bridgehead atoms. The Labute approximate surface area is 188 Å². The lowest BCUT2D eigenvalue weighted by Gasteiger charge is -2.13. The smallest absolute Gasteiger partial charge is 0.230 e. The van der Waals surface area contributed by atoms with Crippen molar-refractivity contribution >= 4 is 11.7 Å². The Hall–Kier alpha value is -4.21. The predicted molar refractivity (Wildman–Crippen MR) is 111 cm³/mol. The van der Waals surface area contributed by atoms with Crippen LogP contribution in [0, 0.1) is 34.9 Å². The van der Waals surface area contributed by atoms with Gasteiger partial charge < -0.3 is 5.32 Å². The summed E-state index contributed by atoms with van der Waals surface area (Å²) < 4.78 is 81.3. The van der Waals surface area contributed by atoms with Crippen LogP contribution >= 0.6 is 0 Å². The highest BCUT2D eigenvalue weighted by atomic mass is 19.2. The molecule has 0 aliphatic carbocycles. The molecule has 1 N–H and O–H groups in total. The molecule has 0 unspecified atom stereocenters. The number of benzene rings is 3. The molecule has 1 amide bonds. The Bertz CT molecular complexity index is 1350. The van der Waals surface area contributed by atoms with E-state index in [9.17, 15) is 31.1 Å². The van der Waals surface area contributed by atoms with Gasteiger partial charge >= 0.3 is 0 Å². The molecule has 4 aromatic rings. The lowest BCUT2D eigenvalue weighted by molar-refractivity contribution is -0.115. The molecule has 0 spiro atoms. The minimum absolute atomic E-state index is 0.106. The van der Waals surface area contributed by atoms with Crippen LogP contribution in [0.4, 0.5) is 32.2 Å². The Kier molecular flexibility index (Phi) is 6.31. The molecule has 1 aromatic heterocycles. The van der Waals surface area contributed by atoms with E-state index < -0.39 is 52.8 Å².